The van der Waals surface area contributed by atoms with Crippen LogP contribution in [0, 0.1) is 0 Å². The van der Waals surface area contributed by atoms with Crippen molar-refractivity contribution < 1.29 is 18.3 Å². The zero-order valence-corrected chi connectivity index (χ0v) is 30.9. The van der Waals surface area contributed by atoms with Crippen molar-refractivity contribution in [3.05, 3.63) is 170 Å². The summed E-state index contributed by atoms with van der Waals surface area (Å²) in [6, 6.07) is 37.8. The molecule has 1 aromatic heterocycles. The number of anilines is 1. The molecular weight excluding hydrogens is 725 g/mol. The number of fused-ring (bicyclic) bond motifs is 1. The molecule has 7 nitrogen and oxygen atoms in total. The van der Waals surface area contributed by atoms with Crippen LogP contribution in [0.1, 0.15) is 44.3 Å². The molecule has 262 valence electrons. The molecule has 51 heavy (non-hydrogen) atoms. The van der Waals surface area contributed by atoms with Crippen LogP contribution in [-0.4, -0.2) is 44.2 Å². The topological polar surface area (TPSA) is 91.6 Å². The van der Waals surface area contributed by atoms with Gasteiger partial charge in [0, 0.05) is 53.9 Å². The number of aromatic nitrogens is 1. The highest BCUT2D eigenvalue weighted by Crippen LogP contribution is 2.38. The summed E-state index contributed by atoms with van der Waals surface area (Å²) < 4.78 is 31.8. The van der Waals surface area contributed by atoms with Crippen molar-refractivity contribution in [2.75, 3.05) is 25.0 Å². The monoisotopic (exact) mass is 759 g/mol. The maximum Gasteiger partial charge on any atom is 0.335 e. The molecule has 1 heterocycles. The Morgan fingerprint density at radius 2 is 1.45 bits per heavy atom. The lowest BCUT2D eigenvalue weighted by Gasteiger charge is -2.25. The molecule has 0 unspecified atom stereocenters. The maximum atomic E-state index is 13.3. The molecule has 11 heteroatoms. The number of halogens is 3. The van der Waals surface area contributed by atoms with E-state index in [2.05, 4.69) is 38.5 Å². The minimum absolute atomic E-state index is 0.156. The predicted octanol–water partition coefficient (Wildman–Crippen LogP) is 9.28. The van der Waals surface area contributed by atoms with Crippen LogP contribution in [0.15, 0.2) is 121 Å². The Labute approximate surface area is 313 Å². The van der Waals surface area contributed by atoms with Gasteiger partial charge < -0.3 is 14.6 Å². The minimum atomic E-state index is -3.73. The second-order valence-electron chi connectivity index (χ2n) is 12.4. The molecule has 0 amide bonds. The number of carboxylic acid groups (broad SMARTS) is 1. The lowest BCUT2D eigenvalue weighted by Crippen LogP contribution is -2.28. The Morgan fingerprint density at radius 1 is 0.804 bits per heavy atom. The van der Waals surface area contributed by atoms with Crippen molar-refractivity contribution in [3.63, 3.8) is 0 Å². The number of rotatable bonds is 14. The molecule has 0 aliphatic heterocycles. The van der Waals surface area contributed by atoms with Gasteiger partial charge >= 0.3 is 5.97 Å². The molecule has 6 rings (SSSR count). The first kappa shape index (κ1) is 36.5. The van der Waals surface area contributed by atoms with Gasteiger partial charge in [-0.2, -0.15) is 0 Å². The van der Waals surface area contributed by atoms with Crippen LogP contribution >= 0.6 is 34.8 Å². The third-order valence-electron chi connectivity index (χ3n) is 8.95. The number of carbonyl (C=O) groups is 1. The van der Waals surface area contributed by atoms with Crippen LogP contribution < -0.4 is 9.62 Å². The fourth-order valence-corrected chi connectivity index (χ4v) is 8.13. The van der Waals surface area contributed by atoms with E-state index in [0.717, 1.165) is 39.0 Å². The molecule has 2 N–H and O–H groups in total. The molecule has 0 fully saturated rings. The lowest BCUT2D eigenvalue weighted by molar-refractivity contribution is 0.0697. The normalized spacial score (nSPS) is 11.7. The first-order valence-corrected chi connectivity index (χ1v) is 19.2. The summed E-state index contributed by atoms with van der Waals surface area (Å²) in [5.41, 5.74) is 6.83. The second-order valence-corrected chi connectivity index (χ2v) is 15.4. The van der Waals surface area contributed by atoms with Crippen molar-refractivity contribution >= 4 is 67.4 Å². The molecule has 0 aliphatic rings. The van der Waals surface area contributed by atoms with Crippen molar-refractivity contribution in [2.45, 2.75) is 24.6 Å². The van der Waals surface area contributed by atoms with Gasteiger partial charge in [-0.3, -0.25) is 0 Å². The summed E-state index contributed by atoms with van der Waals surface area (Å²) in [5.74, 6) is -1.21. The van der Waals surface area contributed by atoms with E-state index in [1.807, 2.05) is 61.6 Å². The third-order valence-corrected chi connectivity index (χ3v) is 11.3. The van der Waals surface area contributed by atoms with Crippen molar-refractivity contribution in [2.24, 2.45) is 0 Å². The molecule has 5 aromatic carbocycles. The summed E-state index contributed by atoms with van der Waals surface area (Å²) in [7, 11) is -1.76. The van der Waals surface area contributed by atoms with Crippen LogP contribution in [0.2, 0.25) is 15.1 Å². The van der Waals surface area contributed by atoms with E-state index < -0.39 is 16.0 Å². The standard InChI is InChI=1S/C40H36Cl3N3O4S/c1-45(32-16-13-30(14-17-32)40(47)48)23-21-33-34-25-31(41)15-19-37(34)46(39(28-8-4-2-5-9-28)29-10-6-3-7-11-29)38(33)20-22-44-51(49,50)26-27-12-18-35(42)36(43)24-27/h2-19,24-25,39,44H,20-23,26H2,1H3,(H,47,48). The quantitative estimate of drug-likeness (QED) is 0.116. The number of benzene rings is 5. The van der Waals surface area contributed by atoms with E-state index in [-0.39, 0.29) is 23.9 Å². The van der Waals surface area contributed by atoms with E-state index in [0.29, 0.717) is 40.0 Å². The average Bonchev–Trinajstić information content (AvgIpc) is 3.41. The van der Waals surface area contributed by atoms with Gasteiger partial charge in [-0.05, 0) is 83.3 Å². The molecule has 6 aromatic rings. The Bertz CT molecular complexity index is 2220. The van der Waals surface area contributed by atoms with Crippen LogP contribution in [0.4, 0.5) is 5.69 Å². The molecule has 0 bridgehead atoms. The molecule has 0 saturated heterocycles. The van der Waals surface area contributed by atoms with Crippen LogP contribution in [0.3, 0.4) is 0 Å². The van der Waals surface area contributed by atoms with E-state index in [4.69, 9.17) is 34.8 Å². The Hall–Kier alpha value is -4.31. The number of nitrogens with zero attached hydrogens (tertiary/aromatic N) is 2. The summed E-state index contributed by atoms with van der Waals surface area (Å²) in [5, 5.41) is 11.6. The van der Waals surface area contributed by atoms with Crippen LogP contribution in [0.25, 0.3) is 10.9 Å². The number of hydrogen-bond acceptors (Lipinski definition) is 4. The summed E-state index contributed by atoms with van der Waals surface area (Å²) in [6.07, 6.45) is 1.01. The van der Waals surface area contributed by atoms with Gasteiger partial charge in [0.2, 0.25) is 10.0 Å². The van der Waals surface area contributed by atoms with E-state index in [1.54, 1.807) is 42.5 Å². The third kappa shape index (κ3) is 8.60. The van der Waals surface area contributed by atoms with E-state index >= 15 is 0 Å². The van der Waals surface area contributed by atoms with Crippen molar-refractivity contribution in [1.82, 2.24) is 9.29 Å². The number of likely N-dealkylation sites (N-methyl/N-ethyl adjacent to an activating group) is 1. The number of carboxylic acids is 1. The molecular formula is C40H36Cl3N3O4S. The van der Waals surface area contributed by atoms with Gasteiger partial charge in [-0.15, -0.1) is 0 Å². The van der Waals surface area contributed by atoms with Crippen molar-refractivity contribution in [1.29, 1.82) is 0 Å². The number of aromatic carboxylic acids is 1. The largest absolute Gasteiger partial charge is 0.478 e. The SMILES string of the molecule is CN(CCc1c(CCNS(=O)(=O)Cc2ccc(Cl)c(Cl)c2)n(C(c2ccccc2)c2ccccc2)c2ccc(Cl)cc12)c1ccc(C(=O)O)cc1. The minimum Gasteiger partial charge on any atom is -0.478 e. The van der Waals surface area contributed by atoms with Gasteiger partial charge in [0.05, 0.1) is 27.4 Å². The van der Waals surface area contributed by atoms with E-state index in [1.165, 1.54) is 0 Å². The Balaban J connectivity index is 1.41. The number of sulfonamides is 1. The Kier molecular flexibility index (Phi) is 11.4. The first-order valence-electron chi connectivity index (χ1n) is 16.4. The second kappa shape index (κ2) is 15.9. The molecule has 0 aliphatic carbocycles. The average molecular weight is 761 g/mol. The highest BCUT2D eigenvalue weighted by Gasteiger charge is 2.26. The predicted molar refractivity (Wildman–Crippen MR) is 208 cm³/mol. The fourth-order valence-electron chi connectivity index (χ4n) is 6.50. The summed E-state index contributed by atoms with van der Waals surface area (Å²) >= 11 is 18.9. The smallest absolute Gasteiger partial charge is 0.335 e. The fraction of sp³-hybridized carbons (Fsp3) is 0.175. The number of hydrogen-bond donors (Lipinski definition) is 2. The highest BCUT2D eigenvalue weighted by atomic mass is 35.5. The number of nitrogens with one attached hydrogen (secondary N) is 1. The zero-order valence-electron chi connectivity index (χ0n) is 27.8. The van der Waals surface area contributed by atoms with Gasteiger partial charge in [-0.25, -0.2) is 17.9 Å². The molecule has 0 atom stereocenters. The highest BCUT2D eigenvalue weighted by molar-refractivity contribution is 7.88. The Morgan fingerprint density at radius 3 is 2.06 bits per heavy atom. The van der Waals surface area contributed by atoms with Gasteiger partial charge in [-0.1, -0.05) is 102 Å². The molecule has 0 saturated carbocycles. The molecule has 0 spiro atoms. The first-order chi connectivity index (χ1) is 24.5. The van der Waals surface area contributed by atoms with E-state index in [9.17, 15) is 18.3 Å². The van der Waals surface area contributed by atoms with Gasteiger partial charge in [0.25, 0.3) is 0 Å². The lowest BCUT2D eigenvalue weighted by atomic mass is 9.97. The van der Waals surface area contributed by atoms with Crippen LogP contribution in [0.5, 0.6) is 0 Å². The summed E-state index contributed by atoms with van der Waals surface area (Å²) in [4.78, 5) is 13.5. The summed E-state index contributed by atoms with van der Waals surface area (Å²) in [6.45, 7) is 0.763. The maximum absolute atomic E-state index is 13.3. The zero-order chi connectivity index (χ0) is 36.1. The van der Waals surface area contributed by atoms with Crippen molar-refractivity contribution in [3.8, 4) is 0 Å². The van der Waals surface area contributed by atoms with Gasteiger partial charge in [0.15, 0.2) is 0 Å². The van der Waals surface area contributed by atoms with Gasteiger partial charge in [0.1, 0.15) is 0 Å². The van der Waals surface area contributed by atoms with Crippen LogP contribution in [-0.2, 0) is 28.6 Å². The molecule has 0 radical (unpaired) electrons.